The van der Waals surface area contributed by atoms with Crippen LogP contribution in [-0.2, 0) is 6.42 Å². The summed E-state index contributed by atoms with van der Waals surface area (Å²) in [5.74, 6) is 0.101. The summed E-state index contributed by atoms with van der Waals surface area (Å²) in [4.78, 5) is 14.3. The number of nitrogens with one attached hydrogen (secondary N) is 1. The fraction of sp³-hybridized carbons (Fsp3) is 0.500. The van der Waals surface area contributed by atoms with Crippen molar-refractivity contribution in [3.63, 3.8) is 0 Å². The van der Waals surface area contributed by atoms with Crippen LogP contribution >= 0.6 is 24.0 Å². The van der Waals surface area contributed by atoms with Crippen molar-refractivity contribution in [2.24, 2.45) is 0 Å². The molecule has 1 amide bonds. The molecule has 5 heteroatoms. The molecule has 1 saturated heterocycles. The molecule has 1 fully saturated rings. The molecular formula is C14H18Cl2N2O. The highest BCUT2D eigenvalue weighted by Gasteiger charge is 2.39. The number of nitrogens with zero attached hydrogens (tertiary/aromatic N) is 1. The predicted molar refractivity (Wildman–Crippen MR) is 79.3 cm³/mol. The lowest BCUT2D eigenvalue weighted by Gasteiger charge is -2.30. The van der Waals surface area contributed by atoms with Gasteiger partial charge >= 0.3 is 0 Å². The fourth-order valence-electron chi connectivity index (χ4n) is 2.98. The summed E-state index contributed by atoms with van der Waals surface area (Å²) in [5, 5.41) is 3.97. The second-order valence-electron chi connectivity index (χ2n) is 5.01. The summed E-state index contributed by atoms with van der Waals surface area (Å²) < 4.78 is 0. The predicted octanol–water partition coefficient (Wildman–Crippen LogP) is 2.81. The maximum atomic E-state index is 12.3. The summed E-state index contributed by atoms with van der Waals surface area (Å²) in [6.45, 7) is 4.64. The van der Waals surface area contributed by atoms with Gasteiger partial charge in [0.2, 0.25) is 0 Å². The standard InChI is InChI=1S/C14H17ClN2O.ClH/c1-2-3-9-6-10-12-8-16-4-5-17(12)14(18)13(10)11(15)7-9;/h6-7,12,16H,2-5,8H2,1H3;1H/t12-;/m0./s1. The minimum atomic E-state index is 0. The lowest BCUT2D eigenvalue weighted by atomic mass is 9.99. The van der Waals surface area contributed by atoms with Crippen LogP contribution in [0, 0.1) is 0 Å². The zero-order valence-corrected chi connectivity index (χ0v) is 12.5. The molecule has 1 aromatic carbocycles. The first-order valence-electron chi connectivity index (χ1n) is 6.56. The number of hydrogen-bond donors (Lipinski definition) is 1. The molecule has 0 unspecified atom stereocenters. The Morgan fingerprint density at radius 3 is 3.00 bits per heavy atom. The summed E-state index contributed by atoms with van der Waals surface area (Å²) in [7, 11) is 0. The van der Waals surface area contributed by atoms with Crippen LogP contribution in [-0.4, -0.2) is 30.4 Å². The molecule has 1 aromatic rings. The Kier molecular flexibility index (Phi) is 4.39. The van der Waals surface area contributed by atoms with Crippen LogP contribution < -0.4 is 5.32 Å². The van der Waals surface area contributed by atoms with Crippen LogP contribution in [0.2, 0.25) is 5.02 Å². The van der Waals surface area contributed by atoms with Gasteiger partial charge in [-0.15, -0.1) is 12.4 Å². The minimum Gasteiger partial charge on any atom is -0.329 e. The van der Waals surface area contributed by atoms with E-state index in [9.17, 15) is 4.79 Å². The molecule has 19 heavy (non-hydrogen) atoms. The van der Waals surface area contributed by atoms with Crippen molar-refractivity contribution >= 4 is 29.9 Å². The van der Waals surface area contributed by atoms with E-state index in [1.54, 1.807) is 0 Å². The normalized spacial score (nSPS) is 20.8. The van der Waals surface area contributed by atoms with Crippen LogP contribution in [0.4, 0.5) is 0 Å². The van der Waals surface area contributed by atoms with Gasteiger partial charge in [-0.1, -0.05) is 31.0 Å². The van der Waals surface area contributed by atoms with Gasteiger partial charge in [0, 0.05) is 19.6 Å². The van der Waals surface area contributed by atoms with E-state index in [2.05, 4.69) is 18.3 Å². The Hall–Kier alpha value is -0.770. The highest BCUT2D eigenvalue weighted by Crippen LogP contribution is 2.38. The average Bonchev–Trinajstić information content (AvgIpc) is 2.65. The van der Waals surface area contributed by atoms with Crippen molar-refractivity contribution in [1.29, 1.82) is 0 Å². The highest BCUT2D eigenvalue weighted by atomic mass is 35.5. The van der Waals surface area contributed by atoms with Gasteiger partial charge in [0.05, 0.1) is 16.6 Å². The Labute approximate surface area is 124 Å². The average molecular weight is 301 g/mol. The van der Waals surface area contributed by atoms with E-state index in [0.717, 1.165) is 43.6 Å². The molecule has 2 aliphatic rings. The summed E-state index contributed by atoms with van der Waals surface area (Å²) >= 11 is 6.30. The number of benzene rings is 1. The maximum Gasteiger partial charge on any atom is 0.256 e. The molecule has 3 nitrogen and oxygen atoms in total. The third-order valence-corrected chi connectivity index (χ3v) is 4.09. The van der Waals surface area contributed by atoms with Gasteiger partial charge in [-0.05, 0) is 23.6 Å². The zero-order valence-electron chi connectivity index (χ0n) is 10.9. The number of aryl methyl sites for hydroxylation is 1. The number of carbonyl (C=O) groups excluding carboxylic acids is 1. The van der Waals surface area contributed by atoms with Crippen molar-refractivity contribution in [3.8, 4) is 0 Å². The first-order valence-corrected chi connectivity index (χ1v) is 6.94. The molecule has 0 aliphatic carbocycles. The number of hydrogen-bond acceptors (Lipinski definition) is 2. The number of carbonyl (C=O) groups is 1. The fourth-order valence-corrected chi connectivity index (χ4v) is 3.31. The molecule has 2 heterocycles. The molecule has 1 N–H and O–H groups in total. The van der Waals surface area contributed by atoms with Crippen LogP contribution in [0.3, 0.4) is 0 Å². The van der Waals surface area contributed by atoms with Crippen molar-refractivity contribution in [2.45, 2.75) is 25.8 Å². The van der Waals surface area contributed by atoms with Crippen molar-refractivity contribution in [1.82, 2.24) is 10.2 Å². The summed E-state index contributed by atoms with van der Waals surface area (Å²) in [6, 6.07) is 4.30. The number of rotatable bonds is 2. The summed E-state index contributed by atoms with van der Waals surface area (Å²) in [6.07, 6.45) is 2.11. The number of piperazine rings is 1. The van der Waals surface area contributed by atoms with Crippen molar-refractivity contribution in [2.75, 3.05) is 19.6 Å². The largest absolute Gasteiger partial charge is 0.329 e. The SMILES string of the molecule is CCCc1cc(Cl)c2c(c1)[C@@H]1CNCCN1C2=O.Cl. The van der Waals surface area contributed by atoms with Gasteiger partial charge in [0.15, 0.2) is 0 Å². The first kappa shape index (κ1) is 14.6. The monoisotopic (exact) mass is 300 g/mol. The smallest absolute Gasteiger partial charge is 0.256 e. The molecule has 2 aliphatic heterocycles. The van der Waals surface area contributed by atoms with Gasteiger partial charge in [0.1, 0.15) is 0 Å². The Morgan fingerprint density at radius 2 is 2.26 bits per heavy atom. The van der Waals surface area contributed by atoms with Crippen molar-refractivity contribution in [3.05, 3.63) is 33.8 Å². The van der Waals surface area contributed by atoms with Gasteiger partial charge in [-0.25, -0.2) is 0 Å². The molecule has 0 radical (unpaired) electrons. The molecule has 3 rings (SSSR count). The van der Waals surface area contributed by atoms with Crippen LogP contribution in [0.5, 0.6) is 0 Å². The van der Waals surface area contributed by atoms with E-state index in [1.165, 1.54) is 5.56 Å². The van der Waals surface area contributed by atoms with E-state index < -0.39 is 0 Å². The van der Waals surface area contributed by atoms with Crippen molar-refractivity contribution < 1.29 is 4.79 Å². The topological polar surface area (TPSA) is 32.3 Å². The van der Waals surface area contributed by atoms with E-state index in [0.29, 0.717) is 5.02 Å². The lowest BCUT2D eigenvalue weighted by Crippen LogP contribution is -2.44. The second-order valence-corrected chi connectivity index (χ2v) is 5.42. The maximum absolute atomic E-state index is 12.3. The minimum absolute atomic E-state index is 0. The Balaban J connectivity index is 0.00000133. The first-order chi connectivity index (χ1) is 8.72. The van der Waals surface area contributed by atoms with Gasteiger partial charge in [-0.3, -0.25) is 4.79 Å². The van der Waals surface area contributed by atoms with Crippen LogP contribution in [0.1, 0.15) is 40.9 Å². The molecule has 104 valence electrons. The summed E-state index contributed by atoms with van der Waals surface area (Å²) in [5.41, 5.74) is 3.08. The molecule has 1 atom stereocenters. The number of halogens is 2. The van der Waals surface area contributed by atoms with Gasteiger partial charge in [-0.2, -0.15) is 0 Å². The Bertz CT molecular complexity index is 504. The number of amides is 1. The molecule has 0 bridgehead atoms. The van der Waals surface area contributed by atoms with Crippen LogP contribution in [0.15, 0.2) is 12.1 Å². The zero-order chi connectivity index (χ0) is 12.7. The third-order valence-electron chi connectivity index (χ3n) is 3.80. The molecule has 0 saturated carbocycles. The quantitative estimate of drug-likeness (QED) is 0.911. The molecular weight excluding hydrogens is 283 g/mol. The lowest BCUT2D eigenvalue weighted by molar-refractivity contribution is 0.0691. The van der Waals surface area contributed by atoms with Gasteiger partial charge < -0.3 is 10.2 Å². The second kappa shape index (κ2) is 5.70. The van der Waals surface area contributed by atoms with Gasteiger partial charge in [0.25, 0.3) is 5.91 Å². The van der Waals surface area contributed by atoms with E-state index >= 15 is 0 Å². The highest BCUT2D eigenvalue weighted by molar-refractivity contribution is 6.34. The molecule has 0 aromatic heterocycles. The van der Waals surface area contributed by atoms with E-state index in [4.69, 9.17) is 11.6 Å². The van der Waals surface area contributed by atoms with Crippen LogP contribution in [0.25, 0.3) is 0 Å². The van der Waals surface area contributed by atoms with E-state index in [-0.39, 0.29) is 24.4 Å². The van der Waals surface area contributed by atoms with E-state index in [1.807, 2.05) is 11.0 Å². The third kappa shape index (κ3) is 2.35. The molecule has 0 spiro atoms. The number of fused-ring (bicyclic) bond motifs is 3. The Morgan fingerprint density at radius 1 is 1.47 bits per heavy atom.